The van der Waals surface area contributed by atoms with Crippen molar-refractivity contribution in [2.75, 3.05) is 5.75 Å². The Labute approximate surface area is 228 Å². The number of likely N-dealkylation sites (tertiary alicyclic amines) is 1. The maximum atomic E-state index is 13.6. The highest BCUT2D eigenvalue weighted by Gasteiger charge is 2.55. The third kappa shape index (κ3) is 5.48. The molecule has 1 amide bonds. The lowest BCUT2D eigenvalue weighted by atomic mass is 9.76. The number of β-lactam (4-membered cyclic amide) rings is 1. The normalized spacial score (nSPS) is 18.3. The topological polar surface area (TPSA) is 78.9 Å². The lowest BCUT2D eigenvalue weighted by Gasteiger charge is -2.52. The Bertz CT molecular complexity index is 1190. The Morgan fingerprint density at radius 1 is 0.974 bits per heavy atom. The molecule has 4 rings (SSSR count). The molecule has 0 aliphatic carbocycles. The lowest BCUT2D eigenvalue weighted by molar-refractivity contribution is -0.189. The number of thioether (sulfide) groups is 1. The molecule has 0 aromatic heterocycles. The van der Waals surface area contributed by atoms with E-state index in [4.69, 9.17) is 11.2 Å². The molecule has 196 valence electrons. The number of amides is 1. The molecule has 1 aliphatic heterocycles. The number of terminal acetylenes is 1. The average Bonchev–Trinajstić information content (AvgIpc) is 2.92. The molecule has 0 radical (unpaired) electrons. The minimum absolute atomic E-state index is 0.294. The number of aliphatic hydroxyl groups excluding tert-OH is 1. The van der Waals surface area contributed by atoms with Crippen LogP contribution in [0.4, 0.5) is 0 Å². The molecule has 7 heteroatoms. The predicted molar refractivity (Wildman–Crippen MR) is 150 cm³/mol. The molecule has 1 heterocycles. The first-order valence-corrected chi connectivity index (χ1v) is 13.5. The van der Waals surface area contributed by atoms with Gasteiger partial charge in [-0.05, 0) is 37.5 Å². The first-order valence-electron chi connectivity index (χ1n) is 12.4. The van der Waals surface area contributed by atoms with E-state index in [9.17, 15) is 14.7 Å². The van der Waals surface area contributed by atoms with Gasteiger partial charge in [-0.25, -0.2) is 4.79 Å². The van der Waals surface area contributed by atoms with Gasteiger partial charge in [0.05, 0.1) is 11.3 Å². The molecule has 3 atom stereocenters. The van der Waals surface area contributed by atoms with Crippen molar-refractivity contribution >= 4 is 23.6 Å². The van der Waals surface area contributed by atoms with E-state index in [1.807, 2.05) is 91.0 Å². The van der Waals surface area contributed by atoms with Crippen LogP contribution in [0.5, 0.6) is 0 Å². The van der Waals surface area contributed by atoms with Crippen LogP contribution >= 0.6 is 11.8 Å². The van der Waals surface area contributed by atoms with Gasteiger partial charge >= 0.3 is 5.97 Å². The summed E-state index contributed by atoms with van der Waals surface area (Å²) < 4.78 is 5.35. The van der Waals surface area contributed by atoms with Crippen LogP contribution in [-0.4, -0.2) is 50.9 Å². The zero-order chi connectivity index (χ0) is 27.3. The van der Waals surface area contributed by atoms with Gasteiger partial charge in [0.2, 0.25) is 12.1 Å². The highest BCUT2D eigenvalue weighted by Crippen LogP contribution is 2.41. The number of aliphatic hydroxyl groups is 1. The summed E-state index contributed by atoms with van der Waals surface area (Å²) in [4.78, 5) is 27.5. The summed E-state index contributed by atoms with van der Waals surface area (Å²) in [5, 5.41) is 13.9. The Morgan fingerprint density at radius 2 is 1.42 bits per heavy atom. The number of esters is 1. The summed E-state index contributed by atoms with van der Waals surface area (Å²) in [6.45, 7) is 5.12. The van der Waals surface area contributed by atoms with Crippen molar-refractivity contribution in [1.82, 2.24) is 10.2 Å². The number of hydrogen-bond acceptors (Lipinski definition) is 6. The van der Waals surface area contributed by atoms with E-state index in [0.717, 1.165) is 21.6 Å². The highest BCUT2D eigenvalue weighted by molar-refractivity contribution is 8.00. The summed E-state index contributed by atoms with van der Waals surface area (Å²) in [7, 11) is 0. The van der Waals surface area contributed by atoms with Crippen molar-refractivity contribution in [3.05, 3.63) is 108 Å². The number of hydrogen-bond donors (Lipinski definition) is 2. The lowest BCUT2D eigenvalue weighted by Crippen LogP contribution is -2.75. The minimum Gasteiger partial charge on any atom is -0.457 e. The van der Waals surface area contributed by atoms with Crippen molar-refractivity contribution in [3.63, 3.8) is 0 Å². The molecule has 2 N–H and O–H groups in total. The van der Waals surface area contributed by atoms with E-state index in [1.165, 1.54) is 11.8 Å². The van der Waals surface area contributed by atoms with Crippen molar-refractivity contribution in [2.45, 2.75) is 49.6 Å². The molecule has 0 bridgehead atoms. The number of nitrogens with zero attached hydrogens (tertiary/aromatic N) is 1. The Morgan fingerprint density at radius 3 is 1.82 bits per heavy atom. The molecular weight excluding hydrogens is 496 g/mol. The van der Waals surface area contributed by atoms with Gasteiger partial charge in [0.1, 0.15) is 17.0 Å². The molecule has 0 spiro atoms. The summed E-state index contributed by atoms with van der Waals surface area (Å²) in [6, 6.07) is 29.0. The van der Waals surface area contributed by atoms with E-state index >= 15 is 0 Å². The number of carbonyl (C=O) groups is 2. The first kappa shape index (κ1) is 27.5. The molecule has 1 saturated heterocycles. The van der Waals surface area contributed by atoms with Gasteiger partial charge in [0.25, 0.3) is 0 Å². The maximum Gasteiger partial charge on any atom is 0.357 e. The van der Waals surface area contributed by atoms with Gasteiger partial charge < -0.3 is 9.84 Å². The van der Waals surface area contributed by atoms with Gasteiger partial charge in [-0.3, -0.25) is 15.0 Å². The second-order valence-corrected chi connectivity index (χ2v) is 11.1. The van der Waals surface area contributed by atoms with Gasteiger partial charge in [-0.2, -0.15) is 0 Å². The van der Waals surface area contributed by atoms with Crippen molar-refractivity contribution in [3.8, 4) is 12.3 Å². The van der Waals surface area contributed by atoms with E-state index in [0.29, 0.717) is 5.75 Å². The fourth-order valence-corrected chi connectivity index (χ4v) is 5.73. The van der Waals surface area contributed by atoms with Crippen LogP contribution in [0.1, 0.15) is 37.5 Å². The predicted octanol–water partition coefficient (Wildman–Crippen LogP) is 4.13. The monoisotopic (exact) mass is 528 g/mol. The smallest absolute Gasteiger partial charge is 0.357 e. The van der Waals surface area contributed by atoms with Crippen molar-refractivity contribution < 1.29 is 19.4 Å². The number of benzene rings is 3. The summed E-state index contributed by atoms with van der Waals surface area (Å²) in [6.07, 6.45) is 3.81. The second kappa shape index (κ2) is 11.4. The van der Waals surface area contributed by atoms with Gasteiger partial charge in [-0.1, -0.05) is 96.9 Å². The van der Waals surface area contributed by atoms with Crippen molar-refractivity contribution in [2.24, 2.45) is 0 Å². The van der Waals surface area contributed by atoms with Crippen LogP contribution in [0.2, 0.25) is 0 Å². The third-order valence-electron chi connectivity index (χ3n) is 6.29. The van der Waals surface area contributed by atoms with Crippen LogP contribution in [0.15, 0.2) is 91.0 Å². The van der Waals surface area contributed by atoms with E-state index in [1.54, 1.807) is 20.8 Å². The van der Waals surface area contributed by atoms with Crippen LogP contribution in [-0.2, 0) is 19.9 Å². The van der Waals surface area contributed by atoms with Gasteiger partial charge in [0, 0.05) is 0 Å². The molecular formula is C31H32N2O4S. The van der Waals surface area contributed by atoms with Gasteiger partial charge in [-0.15, -0.1) is 18.2 Å². The molecule has 1 fully saturated rings. The summed E-state index contributed by atoms with van der Waals surface area (Å²) in [5.41, 5.74) is 1.11. The Balaban J connectivity index is 1.79. The molecule has 1 aliphatic rings. The Kier molecular flexibility index (Phi) is 8.27. The number of nitrogens with one attached hydrogen (secondary N) is 1. The van der Waals surface area contributed by atoms with Crippen LogP contribution in [0.3, 0.4) is 0 Å². The fraction of sp³-hybridized carbons (Fsp3) is 0.290. The van der Waals surface area contributed by atoms with E-state index in [2.05, 4.69) is 11.2 Å². The third-order valence-corrected chi connectivity index (χ3v) is 7.46. The average molecular weight is 529 g/mol. The van der Waals surface area contributed by atoms with E-state index < -0.39 is 40.7 Å². The number of rotatable bonds is 9. The maximum absolute atomic E-state index is 13.6. The second-order valence-electron chi connectivity index (χ2n) is 10.0. The summed E-state index contributed by atoms with van der Waals surface area (Å²) in [5.74, 6) is 1.59. The summed E-state index contributed by atoms with van der Waals surface area (Å²) >= 11 is 1.31. The van der Waals surface area contributed by atoms with E-state index in [-0.39, 0.29) is 0 Å². The largest absolute Gasteiger partial charge is 0.457 e. The number of carbonyl (C=O) groups excluding carboxylic acids is 2. The van der Waals surface area contributed by atoms with Crippen LogP contribution < -0.4 is 5.32 Å². The van der Waals surface area contributed by atoms with Crippen LogP contribution in [0, 0.1) is 12.3 Å². The molecule has 0 saturated carbocycles. The fourth-order valence-electron chi connectivity index (χ4n) is 4.70. The highest BCUT2D eigenvalue weighted by atomic mass is 32.2. The zero-order valence-corrected chi connectivity index (χ0v) is 22.5. The molecule has 38 heavy (non-hydrogen) atoms. The van der Waals surface area contributed by atoms with Crippen molar-refractivity contribution in [1.29, 1.82) is 0 Å². The number of ether oxygens (including phenoxy) is 1. The van der Waals surface area contributed by atoms with Crippen LogP contribution in [0.25, 0.3) is 0 Å². The molecule has 3 unspecified atom stereocenters. The zero-order valence-electron chi connectivity index (χ0n) is 21.7. The SMILES string of the molecule is C#CCSC1C(NC(c2ccccc2)(c2ccccc2)c2ccccc2)C(=O)N1C(O)C(=O)OC(C)(C)C. The van der Waals surface area contributed by atoms with Gasteiger partial charge in [0.15, 0.2) is 0 Å². The first-order chi connectivity index (χ1) is 18.2. The Hall–Kier alpha value is -3.57. The standard InChI is InChI=1S/C31H32N2O4S/c1-5-21-38-28-25(26(34)33(28)27(35)29(36)37-30(2,3)4)32-31(22-15-9-6-10-16-22,23-17-11-7-12-18-23)24-19-13-8-14-20-24/h1,6-20,25,27-28,32,35H,21H2,2-4H3. The minimum atomic E-state index is -1.74. The molecule has 3 aromatic rings. The quantitative estimate of drug-likeness (QED) is 0.188. The molecule has 6 nitrogen and oxygen atoms in total. The molecule has 3 aromatic carbocycles.